The minimum absolute atomic E-state index is 0.100. The highest BCUT2D eigenvalue weighted by molar-refractivity contribution is 6.34. The molecule has 0 spiro atoms. The molecule has 0 aromatic heterocycles. The van der Waals surface area contributed by atoms with Crippen LogP contribution in [0.4, 0.5) is 15.8 Å². The number of benzene rings is 2. The minimum atomic E-state index is -0.317. The van der Waals surface area contributed by atoms with Gasteiger partial charge in [0.1, 0.15) is 5.82 Å². The van der Waals surface area contributed by atoms with Crippen LogP contribution < -0.4 is 4.90 Å². The Hall–Kier alpha value is -2.62. The Morgan fingerprint density at radius 2 is 1.71 bits per heavy atom. The van der Waals surface area contributed by atoms with E-state index in [2.05, 4.69) is 0 Å². The number of halogens is 1. The molecule has 0 unspecified atom stereocenters. The summed E-state index contributed by atoms with van der Waals surface area (Å²) in [7, 11) is 3.76. The van der Waals surface area contributed by atoms with Crippen molar-refractivity contribution in [3.8, 4) is 0 Å². The van der Waals surface area contributed by atoms with Gasteiger partial charge in [-0.05, 0) is 30.3 Å². The lowest BCUT2D eigenvalue weighted by Crippen LogP contribution is -2.21. The first-order valence-corrected chi connectivity index (χ1v) is 6.65. The normalized spacial score (nSPS) is 15.5. The van der Waals surface area contributed by atoms with Gasteiger partial charge in [0.25, 0.3) is 5.91 Å². The van der Waals surface area contributed by atoms with Crippen molar-refractivity contribution in [1.82, 2.24) is 4.90 Å². The van der Waals surface area contributed by atoms with E-state index in [0.29, 0.717) is 11.3 Å². The van der Waals surface area contributed by atoms with Crippen molar-refractivity contribution < 1.29 is 9.18 Å². The fraction of sp³-hybridized carbons (Fsp3) is 0.118. The van der Waals surface area contributed by atoms with Gasteiger partial charge < -0.3 is 4.90 Å². The van der Waals surface area contributed by atoms with Gasteiger partial charge in [-0.1, -0.05) is 18.2 Å². The van der Waals surface area contributed by atoms with Crippen molar-refractivity contribution in [3.05, 3.63) is 66.1 Å². The molecule has 1 amide bonds. The predicted octanol–water partition coefficient (Wildman–Crippen LogP) is 3.41. The first-order chi connectivity index (χ1) is 10.1. The number of fused-ring (bicyclic) bond motifs is 1. The quantitative estimate of drug-likeness (QED) is 0.788. The summed E-state index contributed by atoms with van der Waals surface area (Å²) in [5.41, 5.74) is 3.01. The topological polar surface area (TPSA) is 23.6 Å². The second-order valence-corrected chi connectivity index (χ2v) is 5.14. The van der Waals surface area contributed by atoms with Gasteiger partial charge in [0, 0.05) is 31.5 Å². The van der Waals surface area contributed by atoms with E-state index in [9.17, 15) is 9.18 Å². The van der Waals surface area contributed by atoms with Crippen molar-refractivity contribution >= 4 is 22.9 Å². The van der Waals surface area contributed by atoms with Crippen LogP contribution in [0.1, 0.15) is 5.56 Å². The van der Waals surface area contributed by atoms with Gasteiger partial charge >= 0.3 is 0 Å². The molecule has 1 heterocycles. The monoisotopic (exact) mass is 282 g/mol. The smallest absolute Gasteiger partial charge is 0.265 e. The third kappa shape index (κ3) is 2.29. The molecule has 106 valence electrons. The second-order valence-electron chi connectivity index (χ2n) is 5.14. The number of nitrogens with zero attached hydrogens (tertiary/aromatic N) is 2. The second kappa shape index (κ2) is 5.05. The minimum Gasteiger partial charge on any atom is -0.383 e. The highest BCUT2D eigenvalue weighted by Crippen LogP contribution is 2.41. The molecule has 0 fully saturated rings. The summed E-state index contributed by atoms with van der Waals surface area (Å²) in [6.07, 6.45) is 1.81. The lowest BCUT2D eigenvalue weighted by molar-refractivity contribution is -0.112. The van der Waals surface area contributed by atoms with Crippen LogP contribution in [-0.4, -0.2) is 24.9 Å². The van der Waals surface area contributed by atoms with E-state index in [1.165, 1.54) is 12.1 Å². The Kier molecular flexibility index (Phi) is 3.22. The summed E-state index contributed by atoms with van der Waals surface area (Å²) in [6, 6.07) is 13.6. The van der Waals surface area contributed by atoms with Gasteiger partial charge in [0.05, 0.1) is 11.3 Å². The maximum Gasteiger partial charge on any atom is 0.265 e. The van der Waals surface area contributed by atoms with Gasteiger partial charge in [-0.3, -0.25) is 9.69 Å². The molecular weight excluding hydrogens is 267 g/mol. The summed E-state index contributed by atoms with van der Waals surface area (Å²) in [5, 5.41) is 0. The molecule has 0 bridgehead atoms. The maximum atomic E-state index is 13.1. The molecule has 1 aliphatic rings. The molecule has 3 nitrogen and oxygen atoms in total. The number of hydrogen-bond acceptors (Lipinski definition) is 2. The molecule has 0 radical (unpaired) electrons. The average molecular weight is 282 g/mol. The summed E-state index contributed by atoms with van der Waals surface area (Å²) < 4.78 is 13.1. The van der Waals surface area contributed by atoms with Crippen LogP contribution in [0.5, 0.6) is 0 Å². The third-order valence-corrected chi connectivity index (χ3v) is 3.34. The SMILES string of the molecule is CN(C)C=C1C(=O)N(c2ccc(F)cc2)c2ccccc21. The Morgan fingerprint density at radius 3 is 2.38 bits per heavy atom. The summed E-state index contributed by atoms with van der Waals surface area (Å²) in [6.45, 7) is 0. The van der Waals surface area contributed by atoms with Gasteiger partial charge in [-0.15, -0.1) is 0 Å². The van der Waals surface area contributed by atoms with E-state index < -0.39 is 0 Å². The predicted molar refractivity (Wildman–Crippen MR) is 81.7 cm³/mol. The molecule has 3 rings (SSSR count). The lowest BCUT2D eigenvalue weighted by atomic mass is 10.1. The molecule has 21 heavy (non-hydrogen) atoms. The highest BCUT2D eigenvalue weighted by atomic mass is 19.1. The van der Waals surface area contributed by atoms with Crippen molar-refractivity contribution in [2.45, 2.75) is 0 Å². The van der Waals surface area contributed by atoms with E-state index in [-0.39, 0.29) is 11.7 Å². The zero-order chi connectivity index (χ0) is 15.0. The molecule has 0 N–H and O–H groups in total. The fourth-order valence-electron chi connectivity index (χ4n) is 2.47. The lowest BCUT2D eigenvalue weighted by Gasteiger charge is -2.17. The molecule has 2 aromatic rings. The summed E-state index contributed by atoms with van der Waals surface area (Å²) in [5.74, 6) is -0.417. The first-order valence-electron chi connectivity index (χ1n) is 6.65. The first kappa shape index (κ1) is 13.4. The number of anilines is 2. The molecular formula is C17H15FN2O. The average Bonchev–Trinajstić information content (AvgIpc) is 2.73. The Morgan fingerprint density at radius 1 is 1.05 bits per heavy atom. The van der Waals surface area contributed by atoms with Crippen LogP contribution in [0.2, 0.25) is 0 Å². The number of amides is 1. The molecule has 1 aliphatic heterocycles. The Bertz CT molecular complexity index is 720. The molecule has 0 saturated heterocycles. The molecule has 0 atom stereocenters. The zero-order valence-corrected chi connectivity index (χ0v) is 11.9. The largest absolute Gasteiger partial charge is 0.383 e. The van der Waals surface area contributed by atoms with Crippen LogP contribution in [-0.2, 0) is 4.79 Å². The van der Waals surface area contributed by atoms with E-state index in [0.717, 1.165) is 11.3 Å². The van der Waals surface area contributed by atoms with E-state index >= 15 is 0 Å². The Balaban J connectivity index is 2.15. The molecule has 0 saturated carbocycles. The van der Waals surface area contributed by atoms with E-state index in [1.807, 2.05) is 49.5 Å². The molecule has 4 heteroatoms. The van der Waals surface area contributed by atoms with Crippen LogP contribution in [0.25, 0.3) is 5.57 Å². The third-order valence-electron chi connectivity index (χ3n) is 3.34. The van der Waals surface area contributed by atoms with Gasteiger partial charge in [-0.2, -0.15) is 0 Å². The van der Waals surface area contributed by atoms with Crippen LogP contribution >= 0.6 is 0 Å². The number of carbonyl (C=O) groups is 1. The van der Waals surface area contributed by atoms with Gasteiger partial charge in [-0.25, -0.2) is 4.39 Å². The standard InChI is InChI=1S/C17H15FN2O/c1-19(2)11-15-14-5-3-4-6-16(14)20(17(15)21)13-9-7-12(18)8-10-13/h3-11H,1-2H3. The van der Waals surface area contributed by atoms with Gasteiger partial charge in [0.15, 0.2) is 0 Å². The zero-order valence-electron chi connectivity index (χ0n) is 11.9. The maximum absolute atomic E-state index is 13.1. The Labute approximate surface area is 122 Å². The van der Waals surface area contributed by atoms with Crippen molar-refractivity contribution in [2.75, 3.05) is 19.0 Å². The number of carbonyl (C=O) groups excluding carboxylic acids is 1. The van der Waals surface area contributed by atoms with E-state index in [4.69, 9.17) is 0 Å². The summed E-state index contributed by atoms with van der Waals surface area (Å²) >= 11 is 0. The molecule has 2 aromatic carbocycles. The van der Waals surface area contributed by atoms with Crippen LogP contribution in [0, 0.1) is 5.82 Å². The van der Waals surface area contributed by atoms with E-state index in [1.54, 1.807) is 17.0 Å². The van der Waals surface area contributed by atoms with Crippen molar-refractivity contribution in [3.63, 3.8) is 0 Å². The summed E-state index contributed by atoms with van der Waals surface area (Å²) in [4.78, 5) is 16.2. The number of rotatable bonds is 2. The van der Waals surface area contributed by atoms with Gasteiger partial charge in [0.2, 0.25) is 0 Å². The van der Waals surface area contributed by atoms with Crippen LogP contribution in [0.3, 0.4) is 0 Å². The number of para-hydroxylation sites is 1. The van der Waals surface area contributed by atoms with Crippen LogP contribution in [0.15, 0.2) is 54.7 Å². The van der Waals surface area contributed by atoms with Crippen molar-refractivity contribution in [2.24, 2.45) is 0 Å². The highest BCUT2D eigenvalue weighted by Gasteiger charge is 2.33. The fourth-order valence-corrected chi connectivity index (χ4v) is 2.47. The molecule has 0 aliphatic carbocycles. The van der Waals surface area contributed by atoms with Crippen molar-refractivity contribution in [1.29, 1.82) is 0 Å². The number of hydrogen-bond donors (Lipinski definition) is 0.